The molecule has 0 saturated carbocycles. The average Bonchev–Trinajstić information content (AvgIpc) is 3.15. The molecule has 3 saturated heterocycles. The third-order valence-corrected chi connectivity index (χ3v) is 10.5. The standard InChI is InChI=1S/C36H68O17/c1-2-3-4-5-6-7-8-9-10-11-12-13-14-15-16-48-19-22(20-49-34-31(45)26(40)23(39)21-50-34)51-35-36(47,32(46)28(42)25(18-38)53-35)33-30(44)29(43)27(41)24(17-37)52-33/h22-35,37-47H,2-21H2,1H3/t22-,23-,24-,25-,26+,27-,28-,29+,30-,31-,32+,33+,34-,35-,36+/m1/s1. The third-order valence-electron chi connectivity index (χ3n) is 10.5. The van der Waals surface area contributed by atoms with Gasteiger partial charge in [0.1, 0.15) is 73.2 Å². The van der Waals surface area contributed by atoms with Crippen molar-refractivity contribution in [3.8, 4) is 0 Å². The molecule has 3 aliphatic rings. The topological polar surface area (TPSA) is 278 Å². The van der Waals surface area contributed by atoms with Gasteiger partial charge in [-0.15, -0.1) is 0 Å². The van der Waals surface area contributed by atoms with Crippen molar-refractivity contribution in [1.82, 2.24) is 0 Å². The van der Waals surface area contributed by atoms with E-state index in [0.29, 0.717) is 6.61 Å². The predicted octanol–water partition coefficient (Wildman–Crippen LogP) is -1.66. The van der Waals surface area contributed by atoms with E-state index in [1.54, 1.807) is 0 Å². The first kappa shape index (κ1) is 46.7. The molecule has 3 aliphatic heterocycles. The molecule has 17 heteroatoms. The van der Waals surface area contributed by atoms with Gasteiger partial charge in [-0.3, -0.25) is 0 Å². The molecular formula is C36H68O17. The highest BCUT2D eigenvalue weighted by atomic mass is 16.7. The number of unbranched alkanes of at least 4 members (excludes halogenated alkanes) is 13. The van der Waals surface area contributed by atoms with E-state index >= 15 is 0 Å². The van der Waals surface area contributed by atoms with E-state index in [1.165, 1.54) is 64.2 Å². The molecule has 0 aromatic carbocycles. The molecule has 0 amide bonds. The first-order chi connectivity index (χ1) is 25.4. The Hall–Kier alpha value is -0.680. The van der Waals surface area contributed by atoms with Gasteiger partial charge in [0.05, 0.1) is 33.0 Å². The van der Waals surface area contributed by atoms with E-state index in [-0.39, 0.29) is 13.2 Å². The van der Waals surface area contributed by atoms with Crippen molar-refractivity contribution in [3.05, 3.63) is 0 Å². The van der Waals surface area contributed by atoms with Gasteiger partial charge in [0.15, 0.2) is 18.2 Å². The molecule has 3 fully saturated rings. The van der Waals surface area contributed by atoms with E-state index < -0.39 is 111 Å². The van der Waals surface area contributed by atoms with E-state index in [2.05, 4.69) is 6.92 Å². The first-order valence-electron chi connectivity index (χ1n) is 19.6. The van der Waals surface area contributed by atoms with Crippen LogP contribution in [0.3, 0.4) is 0 Å². The molecule has 3 heterocycles. The van der Waals surface area contributed by atoms with Crippen LogP contribution in [0.4, 0.5) is 0 Å². The van der Waals surface area contributed by atoms with Crippen molar-refractivity contribution in [2.24, 2.45) is 0 Å². The van der Waals surface area contributed by atoms with Crippen LogP contribution in [-0.2, 0) is 28.4 Å². The average molecular weight is 773 g/mol. The van der Waals surface area contributed by atoms with Gasteiger partial charge in [-0.05, 0) is 6.42 Å². The van der Waals surface area contributed by atoms with Gasteiger partial charge in [0.2, 0.25) is 0 Å². The number of aliphatic hydroxyl groups is 11. The van der Waals surface area contributed by atoms with Crippen LogP contribution in [0.25, 0.3) is 0 Å². The largest absolute Gasteiger partial charge is 0.394 e. The Morgan fingerprint density at radius 2 is 1.17 bits per heavy atom. The van der Waals surface area contributed by atoms with Crippen molar-refractivity contribution >= 4 is 0 Å². The quantitative estimate of drug-likeness (QED) is 0.0463. The Kier molecular flexibility index (Phi) is 21.3. The van der Waals surface area contributed by atoms with E-state index in [9.17, 15) is 56.2 Å². The van der Waals surface area contributed by atoms with E-state index in [1.807, 2.05) is 0 Å². The fraction of sp³-hybridized carbons (Fsp3) is 1.00. The molecule has 0 bridgehead atoms. The summed E-state index contributed by atoms with van der Waals surface area (Å²) < 4.78 is 34.1. The minimum atomic E-state index is -2.88. The molecule has 0 radical (unpaired) electrons. The summed E-state index contributed by atoms with van der Waals surface area (Å²) in [5.41, 5.74) is -2.88. The minimum absolute atomic E-state index is 0.209. The summed E-state index contributed by atoms with van der Waals surface area (Å²) in [6.07, 6.45) is -7.53. The van der Waals surface area contributed by atoms with Gasteiger partial charge in [0.25, 0.3) is 0 Å². The fourth-order valence-corrected chi connectivity index (χ4v) is 7.09. The molecule has 17 nitrogen and oxygen atoms in total. The molecule has 0 unspecified atom stereocenters. The lowest BCUT2D eigenvalue weighted by Crippen LogP contribution is -2.77. The fourth-order valence-electron chi connectivity index (χ4n) is 7.09. The number of ether oxygens (including phenoxy) is 6. The Labute approximate surface area is 312 Å². The number of aliphatic hydroxyl groups excluding tert-OH is 10. The van der Waals surface area contributed by atoms with Crippen LogP contribution >= 0.6 is 0 Å². The molecule has 0 aromatic rings. The van der Waals surface area contributed by atoms with Crippen molar-refractivity contribution in [2.75, 3.05) is 39.6 Å². The van der Waals surface area contributed by atoms with Crippen LogP contribution < -0.4 is 0 Å². The van der Waals surface area contributed by atoms with Crippen molar-refractivity contribution in [2.45, 2.75) is 188 Å². The van der Waals surface area contributed by atoms with Crippen LogP contribution in [0.15, 0.2) is 0 Å². The summed E-state index contributed by atoms with van der Waals surface area (Å²) in [5, 5.41) is 115. The van der Waals surface area contributed by atoms with Gasteiger partial charge in [-0.25, -0.2) is 0 Å². The number of hydrogen-bond donors (Lipinski definition) is 11. The summed E-state index contributed by atoms with van der Waals surface area (Å²) in [6, 6.07) is 0. The minimum Gasteiger partial charge on any atom is -0.394 e. The second kappa shape index (κ2) is 24.2. The lowest BCUT2D eigenvalue weighted by molar-refractivity contribution is -0.395. The maximum atomic E-state index is 12.0. The zero-order valence-corrected chi connectivity index (χ0v) is 31.1. The van der Waals surface area contributed by atoms with Gasteiger partial charge >= 0.3 is 0 Å². The molecule has 11 N–H and O–H groups in total. The predicted molar refractivity (Wildman–Crippen MR) is 186 cm³/mol. The van der Waals surface area contributed by atoms with Gasteiger partial charge < -0.3 is 84.6 Å². The second-order valence-corrected chi connectivity index (χ2v) is 14.8. The maximum Gasteiger partial charge on any atom is 0.192 e. The van der Waals surface area contributed by atoms with Gasteiger partial charge in [0, 0.05) is 6.61 Å². The van der Waals surface area contributed by atoms with Gasteiger partial charge in [-0.2, -0.15) is 0 Å². The monoisotopic (exact) mass is 772 g/mol. The smallest absolute Gasteiger partial charge is 0.192 e. The third kappa shape index (κ3) is 13.2. The molecule has 53 heavy (non-hydrogen) atoms. The van der Waals surface area contributed by atoms with E-state index in [4.69, 9.17) is 28.4 Å². The summed E-state index contributed by atoms with van der Waals surface area (Å²) in [6.45, 7) is -0.125. The highest BCUT2D eigenvalue weighted by Gasteiger charge is 2.65. The van der Waals surface area contributed by atoms with Crippen molar-refractivity contribution in [1.29, 1.82) is 0 Å². The molecule has 314 valence electrons. The molecule has 15 atom stereocenters. The van der Waals surface area contributed by atoms with Crippen molar-refractivity contribution in [3.63, 3.8) is 0 Å². The van der Waals surface area contributed by atoms with Crippen LogP contribution in [0, 0.1) is 0 Å². The molecule has 3 rings (SSSR count). The zero-order valence-electron chi connectivity index (χ0n) is 31.1. The van der Waals surface area contributed by atoms with Crippen LogP contribution in [0.1, 0.15) is 96.8 Å². The molecule has 0 spiro atoms. The molecule has 0 aliphatic carbocycles. The second-order valence-electron chi connectivity index (χ2n) is 14.8. The van der Waals surface area contributed by atoms with E-state index in [0.717, 1.165) is 25.7 Å². The number of rotatable bonds is 25. The lowest BCUT2D eigenvalue weighted by atomic mass is 9.76. The Bertz CT molecular complexity index is 965. The first-order valence-corrected chi connectivity index (χ1v) is 19.6. The Morgan fingerprint density at radius 3 is 1.74 bits per heavy atom. The Balaban J connectivity index is 1.60. The number of hydrogen-bond acceptors (Lipinski definition) is 17. The lowest BCUT2D eigenvalue weighted by Gasteiger charge is -2.54. The highest BCUT2D eigenvalue weighted by Crippen LogP contribution is 2.40. The summed E-state index contributed by atoms with van der Waals surface area (Å²) in [5.74, 6) is 0. The summed E-state index contributed by atoms with van der Waals surface area (Å²) in [7, 11) is 0. The zero-order chi connectivity index (χ0) is 39.0. The SMILES string of the molecule is CCCCCCCCCCCCCCCCOC[C@H](CO[C@@H]1OC[C@@H](O)[C@H](O)[C@H]1O)O[C@@H]1O[C@H](CO)[C@@H](O)[C@H](O)[C@]1(O)[C@H]1O[C@H](CO)[C@@H](O)[C@H](O)[C@H]1O. The van der Waals surface area contributed by atoms with Crippen LogP contribution in [-0.4, -0.2) is 187 Å². The van der Waals surface area contributed by atoms with Gasteiger partial charge in [-0.1, -0.05) is 90.4 Å². The summed E-state index contributed by atoms with van der Waals surface area (Å²) in [4.78, 5) is 0. The highest BCUT2D eigenvalue weighted by molar-refractivity contribution is 5.11. The molecule has 0 aromatic heterocycles. The Morgan fingerprint density at radius 1 is 0.623 bits per heavy atom. The summed E-state index contributed by atoms with van der Waals surface area (Å²) >= 11 is 0. The normalized spacial score (nSPS) is 38.6. The molecular weight excluding hydrogens is 704 g/mol. The van der Waals surface area contributed by atoms with Crippen LogP contribution in [0.5, 0.6) is 0 Å². The van der Waals surface area contributed by atoms with Crippen molar-refractivity contribution < 1.29 is 84.6 Å². The maximum absolute atomic E-state index is 12.0. The van der Waals surface area contributed by atoms with Crippen LogP contribution in [0.2, 0.25) is 0 Å².